The Kier molecular flexibility index (Phi) is 4.72. The van der Waals surface area contributed by atoms with E-state index in [2.05, 4.69) is 41.0 Å². The molecule has 0 fully saturated rings. The minimum absolute atomic E-state index is 0.280. The normalized spacial score (nSPS) is 10.2. The first-order chi connectivity index (χ1) is 12.5. The molecule has 0 amide bonds. The molecule has 3 aromatic rings. The van der Waals surface area contributed by atoms with Crippen LogP contribution in [-0.2, 0) is 0 Å². The van der Waals surface area contributed by atoms with Crippen molar-refractivity contribution in [1.29, 1.82) is 5.26 Å². The zero-order valence-corrected chi connectivity index (χ0v) is 14.9. The van der Waals surface area contributed by atoms with Gasteiger partial charge in [0.1, 0.15) is 0 Å². The molecule has 0 aliphatic carbocycles. The van der Waals surface area contributed by atoms with E-state index in [0.29, 0.717) is 17.1 Å². The number of benzene rings is 2. The van der Waals surface area contributed by atoms with Crippen molar-refractivity contribution in [2.75, 3.05) is 10.7 Å². The SMILES string of the molecule is Cc1cc(C)c(Nc2ccc(=O)n(Nc3ccc(C#N)cc3)n2)c(C)c1. The quantitative estimate of drug-likeness (QED) is 0.754. The van der Waals surface area contributed by atoms with E-state index in [0.717, 1.165) is 16.8 Å². The molecule has 130 valence electrons. The number of nitrogens with zero attached hydrogens (tertiary/aromatic N) is 3. The van der Waals surface area contributed by atoms with Gasteiger partial charge in [-0.15, -0.1) is 9.89 Å². The van der Waals surface area contributed by atoms with Gasteiger partial charge in [0, 0.05) is 11.8 Å². The number of rotatable bonds is 4. The van der Waals surface area contributed by atoms with Crippen LogP contribution in [-0.4, -0.2) is 9.89 Å². The molecule has 0 bridgehead atoms. The minimum Gasteiger partial charge on any atom is -0.338 e. The molecular weight excluding hydrogens is 326 g/mol. The zero-order valence-electron chi connectivity index (χ0n) is 14.9. The lowest BCUT2D eigenvalue weighted by Crippen LogP contribution is -2.28. The van der Waals surface area contributed by atoms with Crippen molar-refractivity contribution in [1.82, 2.24) is 9.89 Å². The minimum atomic E-state index is -0.280. The van der Waals surface area contributed by atoms with Crippen LogP contribution >= 0.6 is 0 Å². The van der Waals surface area contributed by atoms with Crippen molar-refractivity contribution in [3.8, 4) is 6.07 Å². The predicted octanol–water partition coefficient (Wildman–Crippen LogP) is 3.66. The van der Waals surface area contributed by atoms with Crippen LogP contribution in [0.4, 0.5) is 17.2 Å². The Morgan fingerprint density at radius 3 is 2.27 bits per heavy atom. The van der Waals surface area contributed by atoms with Gasteiger partial charge in [0.2, 0.25) is 0 Å². The highest BCUT2D eigenvalue weighted by atomic mass is 16.1. The lowest BCUT2D eigenvalue weighted by atomic mass is 10.1. The maximum absolute atomic E-state index is 12.1. The maximum atomic E-state index is 12.1. The monoisotopic (exact) mass is 345 g/mol. The number of anilines is 3. The van der Waals surface area contributed by atoms with Crippen molar-refractivity contribution < 1.29 is 0 Å². The van der Waals surface area contributed by atoms with Crippen LogP contribution in [0.1, 0.15) is 22.3 Å². The molecule has 0 saturated heterocycles. The molecular formula is C20H19N5O. The second-order valence-electron chi connectivity index (χ2n) is 6.17. The first-order valence-corrected chi connectivity index (χ1v) is 8.19. The average molecular weight is 345 g/mol. The summed E-state index contributed by atoms with van der Waals surface area (Å²) in [5.41, 5.74) is 8.27. The molecule has 0 atom stereocenters. The summed E-state index contributed by atoms with van der Waals surface area (Å²) in [6.45, 7) is 6.13. The van der Waals surface area contributed by atoms with Crippen LogP contribution in [0.25, 0.3) is 0 Å². The first kappa shape index (κ1) is 17.2. The molecule has 0 unspecified atom stereocenters. The number of aryl methyl sites for hydroxylation is 3. The van der Waals surface area contributed by atoms with E-state index in [1.165, 1.54) is 16.4 Å². The van der Waals surface area contributed by atoms with E-state index in [1.54, 1.807) is 30.3 Å². The van der Waals surface area contributed by atoms with Crippen molar-refractivity contribution in [2.45, 2.75) is 20.8 Å². The Labute approximate surface area is 151 Å². The lowest BCUT2D eigenvalue weighted by molar-refractivity contribution is 0.745. The third kappa shape index (κ3) is 3.73. The maximum Gasteiger partial charge on any atom is 0.286 e. The van der Waals surface area contributed by atoms with Crippen LogP contribution in [0.5, 0.6) is 0 Å². The summed E-state index contributed by atoms with van der Waals surface area (Å²) in [7, 11) is 0. The number of hydrogen-bond acceptors (Lipinski definition) is 5. The van der Waals surface area contributed by atoms with Crippen LogP contribution < -0.4 is 16.3 Å². The number of hydrogen-bond donors (Lipinski definition) is 2. The highest BCUT2D eigenvalue weighted by Crippen LogP contribution is 2.24. The fraction of sp³-hybridized carbons (Fsp3) is 0.150. The van der Waals surface area contributed by atoms with Crippen molar-refractivity contribution in [3.05, 3.63) is 81.1 Å². The van der Waals surface area contributed by atoms with Gasteiger partial charge in [0.05, 0.1) is 17.3 Å². The van der Waals surface area contributed by atoms with Gasteiger partial charge in [-0.1, -0.05) is 17.7 Å². The molecule has 6 heteroatoms. The Bertz CT molecular complexity index is 1020. The molecule has 26 heavy (non-hydrogen) atoms. The smallest absolute Gasteiger partial charge is 0.286 e. The molecule has 2 N–H and O–H groups in total. The van der Waals surface area contributed by atoms with Gasteiger partial charge < -0.3 is 5.32 Å². The van der Waals surface area contributed by atoms with Gasteiger partial charge in [-0.2, -0.15) is 5.26 Å². The van der Waals surface area contributed by atoms with Gasteiger partial charge in [-0.3, -0.25) is 10.2 Å². The van der Waals surface area contributed by atoms with Crippen LogP contribution in [0.2, 0.25) is 0 Å². The van der Waals surface area contributed by atoms with Crippen LogP contribution in [0.15, 0.2) is 53.3 Å². The molecule has 2 aromatic carbocycles. The molecule has 3 rings (SSSR count). The molecule has 1 aromatic heterocycles. The molecule has 0 radical (unpaired) electrons. The van der Waals surface area contributed by atoms with Gasteiger partial charge in [-0.05, 0) is 62.2 Å². The van der Waals surface area contributed by atoms with E-state index >= 15 is 0 Å². The summed E-state index contributed by atoms with van der Waals surface area (Å²) in [5, 5.41) is 16.5. The summed E-state index contributed by atoms with van der Waals surface area (Å²) < 4.78 is 0. The van der Waals surface area contributed by atoms with Crippen molar-refractivity contribution in [2.24, 2.45) is 0 Å². The summed E-state index contributed by atoms with van der Waals surface area (Å²) in [6.07, 6.45) is 0. The molecule has 0 aliphatic rings. The topological polar surface area (TPSA) is 82.7 Å². The second kappa shape index (κ2) is 7.11. The number of nitrogens with one attached hydrogen (secondary N) is 2. The predicted molar refractivity (Wildman–Crippen MR) is 103 cm³/mol. The largest absolute Gasteiger partial charge is 0.338 e. The summed E-state index contributed by atoms with van der Waals surface area (Å²) in [6, 6.07) is 16.2. The van der Waals surface area contributed by atoms with Crippen LogP contribution in [0, 0.1) is 32.1 Å². The molecule has 6 nitrogen and oxygen atoms in total. The van der Waals surface area contributed by atoms with E-state index in [9.17, 15) is 4.79 Å². The molecule has 1 heterocycles. The number of aromatic nitrogens is 2. The fourth-order valence-corrected chi connectivity index (χ4v) is 2.80. The second-order valence-corrected chi connectivity index (χ2v) is 6.17. The van der Waals surface area contributed by atoms with E-state index < -0.39 is 0 Å². The highest BCUT2D eigenvalue weighted by Gasteiger charge is 2.07. The average Bonchev–Trinajstić information content (AvgIpc) is 2.61. The van der Waals surface area contributed by atoms with Crippen LogP contribution in [0.3, 0.4) is 0 Å². The van der Waals surface area contributed by atoms with E-state index in [1.807, 2.05) is 13.8 Å². The standard InChI is InChI=1S/C20H19N5O/c1-13-10-14(2)20(15(3)11-13)22-18-8-9-19(26)25(24-18)23-17-6-4-16(12-21)5-7-17/h4-11,23H,1-3H3,(H,22,24). The first-order valence-electron chi connectivity index (χ1n) is 8.19. The van der Waals surface area contributed by atoms with Gasteiger partial charge in [0.15, 0.2) is 5.82 Å². The van der Waals surface area contributed by atoms with E-state index in [-0.39, 0.29) is 5.56 Å². The zero-order chi connectivity index (χ0) is 18.7. The third-order valence-electron chi connectivity index (χ3n) is 3.98. The van der Waals surface area contributed by atoms with Gasteiger partial charge in [0.25, 0.3) is 5.56 Å². The fourth-order valence-electron chi connectivity index (χ4n) is 2.80. The summed E-state index contributed by atoms with van der Waals surface area (Å²) in [4.78, 5) is 13.3. The third-order valence-corrected chi connectivity index (χ3v) is 3.98. The van der Waals surface area contributed by atoms with Gasteiger partial charge >= 0.3 is 0 Å². The number of nitriles is 1. The highest BCUT2D eigenvalue weighted by molar-refractivity contribution is 5.65. The molecule has 0 spiro atoms. The van der Waals surface area contributed by atoms with Crippen molar-refractivity contribution in [3.63, 3.8) is 0 Å². The van der Waals surface area contributed by atoms with Crippen molar-refractivity contribution >= 4 is 17.2 Å². The Morgan fingerprint density at radius 2 is 1.65 bits per heavy atom. The lowest BCUT2D eigenvalue weighted by Gasteiger charge is -2.14. The molecule has 0 aliphatic heterocycles. The Balaban J connectivity index is 1.88. The Hall–Kier alpha value is -3.59. The van der Waals surface area contributed by atoms with E-state index in [4.69, 9.17) is 5.26 Å². The Morgan fingerprint density at radius 1 is 1.00 bits per heavy atom. The summed E-state index contributed by atoms with van der Waals surface area (Å²) in [5.74, 6) is 0.556. The summed E-state index contributed by atoms with van der Waals surface area (Å²) >= 11 is 0. The van der Waals surface area contributed by atoms with Gasteiger partial charge in [-0.25, -0.2) is 0 Å². The molecule has 0 saturated carbocycles.